The molecule has 30 heavy (non-hydrogen) atoms. The highest BCUT2D eigenvalue weighted by Gasteiger charge is 2.55. The number of carbonyl (C=O) groups excluding carboxylic acids is 1. The fourth-order valence-electron chi connectivity index (χ4n) is 4.48. The van der Waals surface area contributed by atoms with Crippen LogP contribution in [0, 0.1) is 0 Å². The normalized spacial score (nSPS) is 19.5. The van der Waals surface area contributed by atoms with E-state index in [1.807, 2.05) is 26.0 Å². The lowest BCUT2D eigenvalue weighted by Gasteiger charge is -2.38. The van der Waals surface area contributed by atoms with Gasteiger partial charge in [0, 0.05) is 29.9 Å². The van der Waals surface area contributed by atoms with Crippen LogP contribution in [0.4, 0.5) is 0 Å². The van der Waals surface area contributed by atoms with Crippen LogP contribution in [0.15, 0.2) is 54.6 Å². The van der Waals surface area contributed by atoms with Crippen LogP contribution < -0.4 is 4.74 Å². The summed E-state index contributed by atoms with van der Waals surface area (Å²) in [6, 6.07) is 15.0. The van der Waals surface area contributed by atoms with Gasteiger partial charge in [-0.25, -0.2) is 4.79 Å². The molecule has 0 aromatic heterocycles. The molecule has 0 radical (unpaired) electrons. The van der Waals surface area contributed by atoms with Crippen molar-refractivity contribution >= 4 is 5.97 Å². The van der Waals surface area contributed by atoms with E-state index in [2.05, 4.69) is 0 Å². The number of rotatable bonds is 3. The second-order valence-electron chi connectivity index (χ2n) is 7.40. The molecule has 0 saturated carbocycles. The first-order valence-electron chi connectivity index (χ1n) is 9.79. The van der Waals surface area contributed by atoms with E-state index in [1.54, 1.807) is 24.3 Å². The van der Waals surface area contributed by atoms with Crippen LogP contribution in [-0.2, 0) is 15.1 Å². The Bertz CT molecular complexity index is 1180. The van der Waals surface area contributed by atoms with E-state index < -0.39 is 11.6 Å². The molecule has 6 nitrogen and oxygen atoms in total. The van der Waals surface area contributed by atoms with Gasteiger partial charge in [0.25, 0.3) is 0 Å². The first-order valence-corrected chi connectivity index (χ1v) is 9.79. The van der Waals surface area contributed by atoms with Gasteiger partial charge in [0.2, 0.25) is 0 Å². The highest BCUT2D eigenvalue weighted by atomic mass is 16.6. The molecule has 1 spiro atoms. The Labute approximate surface area is 173 Å². The molecule has 2 aliphatic rings. The molecule has 0 saturated heterocycles. The Kier molecular flexibility index (Phi) is 4.01. The largest absolute Gasteiger partial charge is 0.508 e. The van der Waals surface area contributed by atoms with Crippen molar-refractivity contribution in [1.82, 2.24) is 0 Å². The van der Waals surface area contributed by atoms with Crippen LogP contribution >= 0.6 is 0 Å². The van der Waals surface area contributed by atoms with Gasteiger partial charge in [0.1, 0.15) is 23.0 Å². The van der Waals surface area contributed by atoms with Gasteiger partial charge in [-0.15, -0.1) is 0 Å². The third-order valence-electron chi connectivity index (χ3n) is 5.66. The van der Waals surface area contributed by atoms with Crippen molar-refractivity contribution < 1.29 is 29.2 Å². The number of hydrogen-bond donors (Lipinski definition) is 2. The number of ether oxygens (including phenoxy) is 3. The van der Waals surface area contributed by atoms with Crippen LogP contribution in [0.2, 0.25) is 0 Å². The number of hydrogen-bond acceptors (Lipinski definition) is 6. The number of fused-ring (bicyclic) bond motifs is 6. The van der Waals surface area contributed by atoms with Crippen molar-refractivity contribution in [3.8, 4) is 23.0 Å². The maximum Gasteiger partial charge on any atom is 0.340 e. The minimum atomic E-state index is -1.28. The molecular weight excluding hydrogens is 384 g/mol. The van der Waals surface area contributed by atoms with Crippen LogP contribution in [0.25, 0.3) is 0 Å². The predicted molar refractivity (Wildman–Crippen MR) is 108 cm³/mol. The van der Waals surface area contributed by atoms with E-state index >= 15 is 0 Å². The zero-order valence-electron chi connectivity index (χ0n) is 16.5. The van der Waals surface area contributed by atoms with E-state index in [0.717, 1.165) is 0 Å². The van der Waals surface area contributed by atoms with E-state index in [-0.39, 0.29) is 17.6 Å². The molecule has 3 aromatic carbocycles. The Balaban J connectivity index is 1.90. The smallest absolute Gasteiger partial charge is 0.340 e. The van der Waals surface area contributed by atoms with Crippen LogP contribution in [0.5, 0.6) is 23.0 Å². The summed E-state index contributed by atoms with van der Waals surface area (Å²) in [5, 5.41) is 20.4. The van der Waals surface area contributed by atoms with Crippen molar-refractivity contribution in [2.75, 3.05) is 6.61 Å². The molecule has 0 bridgehead atoms. The minimum absolute atomic E-state index is 0.00617. The third-order valence-corrected chi connectivity index (χ3v) is 5.66. The van der Waals surface area contributed by atoms with E-state index in [9.17, 15) is 15.0 Å². The molecule has 2 aliphatic heterocycles. The van der Waals surface area contributed by atoms with E-state index in [1.165, 1.54) is 18.2 Å². The van der Waals surface area contributed by atoms with Gasteiger partial charge in [0.05, 0.1) is 17.2 Å². The average Bonchev–Trinajstić information content (AvgIpc) is 3.00. The van der Waals surface area contributed by atoms with Crippen LogP contribution in [0.1, 0.15) is 52.6 Å². The second-order valence-corrected chi connectivity index (χ2v) is 7.40. The van der Waals surface area contributed by atoms with Crippen LogP contribution in [0.3, 0.4) is 0 Å². The maximum absolute atomic E-state index is 12.9. The maximum atomic E-state index is 12.9. The molecule has 5 rings (SSSR count). The third kappa shape index (κ3) is 2.44. The zero-order valence-corrected chi connectivity index (χ0v) is 16.5. The fourth-order valence-corrected chi connectivity index (χ4v) is 4.48. The summed E-state index contributed by atoms with van der Waals surface area (Å²) in [4.78, 5) is 12.9. The standard InChI is InChI=1S/C24H20O6/c1-3-28-13(2)17-10-15(26)12-21-22(17)24(19-9-8-14(25)11-20(19)29-21)18-7-5-4-6-16(18)23(27)30-24/h4-13,25-26H,3H2,1-2H3. The lowest BCUT2D eigenvalue weighted by atomic mass is 9.75. The van der Waals surface area contributed by atoms with Gasteiger partial charge in [-0.1, -0.05) is 18.2 Å². The van der Waals surface area contributed by atoms with Crippen molar-refractivity contribution in [3.63, 3.8) is 0 Å². The lowest BCUT2D eigenvalue weighted by Crippen LogP contribution is -2.34. The number of phenolic OH excluding ortho intramolecular Hbond substituents is 2. The van der Waals surface area contributed by atoms with E-state index in [4.69, 9.17) is 14.2 Å². The molecule has 0 amide bonds. The Hall–Kier alpha value is -3.51. The molecular formula is C24H20O6. The summed E-state index contributed by atoms with van der Waals surface area (Å²) < 4.78 is 18.0. The number of phenols is 2. The Morgan fingerprint density at radius 3 is 2.57 bits per heavy atom. The Morgan fingerprint density at radius 1 is 1.00 bits per heavy atom. The van der Waals surface area contributed by atoms with Crippen LogP contribution in [-0.4, -0.2) is 22.8 Å². The quantitative estimate of drug-likeness (QED) is 0.612. The first-order chi connectivity index (χ1) is 14.5. The molecule has 2 unspecified atom stereocenters. The second kappa shape index (κ2) is 6.50. The summed E-state index contributed by atoms with van der Waals surface area (Å²) in [6.07, 6.45) is -0.388. The highest BCUT2D eigenvalue weighted by molar-refractivity contribution is 5.97. The van der Waals surface area contributed by atoms with Gasteiger partial charge < -0.3 is 24.4 Å². The fraction of sp³-hybridized carbons (Fsp3) is 0.208. The number of carbonyl (C=O) groups is 1. The molecule has 2 N–H and O–H groups in total. The molecule has 2 heterocycles. The van der Waals surface area contributed by atoms with Gasteiger partial charge in [-0.3, -0.25) is 0 Å². The minimum Gasteiger partial charge on any atom is -0.508 e. The van der Waals surface area contributed by atoms with Gasteiger partial charge >= 0.3 is 5.97 Å². The summed E-state index contributed by atoms with van der Waals surface area (Å²) in [5.74, 6) is 0.284. The molecule has 3 aromatic rings. The number of benzene rings is 3. The lowest BCUT2D eigenvalue weighted by molar-refractivity contribution is 0.0197. The molecule has 2 atom stereocenters. The topological polar surface area (TPSA) is 85.2 Å². The molecule has 6 heteroatoms. The number of aromatic hydroxyl groups is 2. The average molecular weight is 404 g/mol. The summed E-state index contributed by atoms with van der Waals surface area (Å²) >= 11 is 0. The summed E-state index contributed by atoms with van der Waals surface area (Å²) in [5.41, 5.74) is 1.74. The predicted octanol–water partition coefficient (Wildman–Crippen LogP) is 4.76. The first kappa shape index (κ1) is 18.5. The molecule has 0 fully saturated rings. The van der Waals surface area contributed by atoms with Crippen molar-refractivity contribution in [2.45, 2.75) is 25.6 Å². The summed E-state index contributed by atoms with van der Waals surface area (Å²) in [6.45, 7) is 4.24. The number of esters is 1. The van der Waals surface area contributed by atoms with E-state index in [0.29, 0.717) is 45.9 Å². The van der Waals surface area contributed by atoms with Crippen molar-refractivity contribution in [2.24, 2.45) is 0 Å². The highest BCUT2D eigenvalue weighted by Crippen LogP contribution is 2.58. The Morgan fingerprint density at radius 2 is 1.77 bits per heavy atom. The van der Waals surface area contributed by atoms with Gasteiger partial charge in [-0.2, -0.15) is 0 Å². The summed E-state index contributed by atoms with van der Waals surface area (Å²) in [7, 11) is 0. The SMILES string of the molecule is CCOC(C)c1cc(O)cc2c1C1(OC(=O)c3ccccc31)c1ccc(O)cc1O2. The molecule has 152 valence electrons. The monoisotopic (exact) mass is 404 g/mol. The molecule has 0 aliphatic carbocycles. The van der Waals surface area contributed by atoms with Crippen molar-refractivity contribution in [3.05, 3.63) is 82.4 Å². The zero-order chi connectivity index (χ0) is 21.0. The van der Waals surface area contributed by atoms with Gasteiger partial charge in [0.15, 0.2) is 5.60 Å². The van der Waals surface area contributed by atoms with Gasteiger partial charge in [-0.05, 0) is 43.7 Å². The van der Waals surface area contributed by atoms with Crippen molar-refractivity contribution in [1.29, 1.82) is 0 Å².